The summed E-state index contributed by atoms with van der Waals surface area (Å²) < 4.78 is 0. The van der Waals surface area contributed by atoms with E-state index in [0.29, 0.717) is 69.2 Å². The van der Waals surface area contributed by atoms with Crippen molar-refractivity contribution in [1.82, 2.24) is 41.3 Å². The number of benzene rings is 2. The molecule has 8 amide bonds. The summed E-state index contributed by atoms with van der Waals surface area (Å²) in [6.45, 7) is -0.371. The second-order valence-electron chi connectivity index (χ2n) is 20.0. The topological polar surface area (TPSA) is 419 Å². The van der Waals surface area contributed by atoms with Gasteiger partial charge < -0.3 is 80.2 Å². The standard InChI is InChI=1S/C51H73N15O11/c52-33(15-7-19-57-49(53)54)45(73)66-28-32-25-51(66,26-32)48(77)65-22-10-17-38(65)43(71)59-27-40(68)60-35(23-30-11-3-1-4-12-30)41(69)63-37(29-67)46(74)64-21-9-18-39(64)44(72)62-36(24-31-13-5-2-6-14-31)42(70)61-34(47(75)76)16-8-20-58-50(55)56/h1-6,11-14,32-39,67H,7-10,15-29,52H2,(H,59,71)(H,60,68)(H,61,70)(H,62,72)(H,63,69)(H,75,76)(H4,53,54,57)(H4,55,56,58)/t32?,33-,34-,35-,36-,37-,38-,39-,51?/m0/s1. The van der Waals surface area contributed by atoms with Crippen LogP contribution in [0.15, 0.2) is 70.6 Å². The summed E-state index contributed by atoms with van der Waals surface area (Å²) in [6, 6.07) is 8.85. The number of carboxylic acid groups (broad SMARTS) is 1. The molecule has 2 aromatic carbocycles. The van der Waals surface area contributed by atoms with E-state index >= 15 is 0 Å². The van der Waals surface area contributed by atoms with Gasteiger partial charge in [-0.3, -0.25) is 48.3 Å². The lowest BCUT2D eigenvalue weighted by Gasteiger charge is -2.44. The van der Waals surface area contributed by atoms with E-state index < -0.39 is 102 Å². The van der Waals surface area contributed by atoms with E-state index in [9.17, 15) is 53.4 Å². The fourth-order valence-corrected chi connectivity index (χ4v) is 10.6. The second kappa shape index (κ2) is 27.3. The highest BCUT2D eigenvalue weighted by Gasteiger charge is 2.64. The van der Waals surface area contributed by atoms with Crippen LogP contribution in [0.2, 0.25) is 0 Å². The van der Waals surface area contributed by atoms with Gasteiger partial charge >= 0.3 is 5.97 Å². The van der Waals surface area contributed by atoms with E-state index in [1.54, 1.807) is 65.6 Å². The SMILES string of the molecule is NC(N)=NCCC[C@H](NC(=O)[C@H](Cc1ccccc1)NC(=O)[C@@H]1CCCN1C(=O)[C@H](CO)NC(=O)[C@H](Cc1ccccc1)NC(=O)CNC(=O)[C@@H]1CCCN1C(=O)C12CC(CN1C(=O)[C@@H](N)CCCN=C(N)N)C2)C(=O)O. The highest BCUT2D eigenvalue weighted by atomic mass is 16.4. The number of carbonyl (C=O) groups excluding carboxylic acids is 8. The van der Waals surface area contributed by atoms with Crippen LogP contribution in [0, 0.1) is 5.92 Å². The Kier molecular flexibility index (Phi) is 20.7. The molecule has 17 N–H and O–H groups in total. The Hall–Kier alpha value is -7.87. The molecule has 4 saturated heterocycles. The number of aliphatic imine (C=N–C) groups is 2. The number of aliphatic hydroxyl groups excluding tert-OH is 1. The van der Waals surface area contributed by atoms with Gasteiger partial charge in [-0.15, -0.1) is 0 Å². The molecule has 5 fully saturated rings. The number of nitrogens with two attached hydrogens (primary N) is 5. The maximum absolute atomic E-state index is 14.3. The largest absolute Gasteiger partial charge is 0.480 e. The van der Waals surface area contributed by atoms with Crippen molar-refractivity contribution in [3.8, 4) is 0 Å². The molecule has 26 nitrogen and oxygen atoms in total. The van der Waals surface area contributed by atoms with Crippen LogP contribution in [0.1, 0.15) is 75.3 Å². The number of aliphatic hydroxyl groups is 1. The van der Waals surface area contributed by atoms with Crippen LogP contribution in [-0.2, 0) is 56.0 Å². The van der Waals surface area contributed by atoms with Gasteiger partial charge in [0.15, 0.2) is 11.9 Å². The van der Waals surface area contributed by atoms with Crippen molar-refractivity contribution >= 4 is 65.1 Å². The quantitative estimate of drug-likeness (QED) is 0.0231. The third-order valence-corrected chi connectivity index (χ3v) is 14.4. The highest BCUT2D eigenvalue weighted by molar-refractivity contribution is 5.99. The Morgan fingerprint density at radius 2 is 1.17 bits per heavy atom. The first-order valence-electron chi connectivity index (χ1n) is 26.0. The lowest BCUT2D eigenvalue weighted by Crippen LogP contribution is -2.63. The Morgan fingerprint density at radius 3 is 1.71 bits per heavy atom. The number of carbonyl (C=O) groups is 9. The molecule has 4 aliphatic heterocycles. The smallest absolute Gasteiger partial charge is 0.326 e. The van der Waals surface area contributed by atoms with Crippen LogP contribution >= 0.6 is 0 Å². The minimum absolute atomic E-state index is 0.0205. The zero-order valence-corrected chi connectivity index (χ0v) is 43.0. The van der Waals surface area contributed by atoms with Crippen molar-refractivity contribution in [1.29, 1.82) is 0 Å². The number of nitrogens with one attached hydrogen (secondary N) is 5. The number of hydrogen-bond donors (Lipinski definition) is 12. The van der Waals surface area contributed by atoms with Crippen LogP contribution < -0.4 is 55.3 Å². The molecule has 418 valence electrons. The highest BCUT2D eigenvalue weighted by Crippen LogP contribution is 2.52. The zero-order valence-electron chi connectivity index (χ0n) is 43.0. The third kappa shape index (κ3) is 15.4. The molecule has 2 aromatic rings. The van der Waals surface area contributed by atoms with Gasteiger partial charge in [0.25, 0.3) is 0 Å². The van der Waals surface area contributed by atoms with Gasteiger partial charge in [0.1, 0.15) is 41.8 Å². The monoisotopic (exact) mass is 1070 g/mol. The zero-order chi connectivity index (χ0) is 55.8. The molecule has 0 unspecified atom stereocenters. The van der Waals surface area contributed by atoms with E-state index in [0.717, 1.165) is 0 Å². The summed E-state index contributed by atoms with van der Waals surface area (Å²) in [5.41, 5.74) is 28.0. The molecule has 5 aliphatic rings. The molecule has 77 heavy (non-hydrogen) atoms. The van der Waals surface area contributed by atoms with Crippen molar-refractivity contribution < 1.29 is 53.4 Å². The van der Waals surface area contributed by atoms with E-state index in [2.05, 4.69) is 36.6 Å². The van der Waals surface area contributed by atoms with Gasteiger partial charge in [-0.1, -0.05) is 60.7 Å². The van der Waals surface area contributed by atoms with E-state index in [-0.39, 0.29) is 81.4 Å². The van der Waals surface area contributed by atoms with Crippen LogP contribution in [0.3, 0.4) is 0 Å². The van der Waals surface area contributed by atoms with Crippen LogP contribution in [0.25, 0.3) is 0 Å². The van der Waals surface area contributed by atoms with E-state index in [4.69, 9.17) is 28.7 Å². The normalized spacial score (nSPS) is 21.2. The Labute approximate surface area is 445 Å². The molecular weight excluding hydrogens is 999 g/mol. The molecule has 7 atom stereocenters. The summed E-state index contributed by atoms with van der Waals surface area (Å²) in [5.74, 6) is -6.70. The molecule has 7 rings (SSSR count). The maximum atomic E-state index is 14.3. The van der Waals surface area contributed by atoms with Crippen molar-refractivity contribution in [2.45, 2.75) is 125 Å². The number of fused-ring (bicyclic) bond motifs is 1. The fourth-order valence-electron chi connectivity index (χ4n) is 10.6. The second-order valence-corrected chi connectivity index (χ2v) is 20.0. The minimum atomic E-state index is -1.58. The molecule has 2 bridgehead atoms. The van der Waals surface area contributed by atoms with Gasteiger partial charge in [-0.25, -0.2) is 4.79 Å². The number of hydrogen-bond acceptors (Lipinski definition) is 13. The van der Waals surface area contributed by atoms with Crippen LogP contribution in [0.4, 0.5) is 0 Å². The summed E-state index contributed by atoms with van der Waals surface area (Å²) in [5, 5.41) is 33.4. The van der Waals surface area contributed by atoms with Crippen LogP contribution in [-0.4, -0.2) is 184 Å². The van der Waals surface area contributed by atoms with Crippen molar-refractivity contribution in [3.63, 3.8) is 0 Å². The number of carboxylic acids is 1. The Balaban J connectivity index is 1.07. The fraction of sp³-hybridized carbons (Fsp3) is 0.549. The average Bonchev–Trinajstić information content (AvgIpc) is 4.29. The molecule has 4 heterocycles. The molecule has 0 radical (unpaired) electrons. The van der Waals surface area contributed by atoms with E-state index in [1.165, 1.54) is 9.80 Å². The minimum Gasteiger partial charge on any atom is -0.480 e. The van der Waals surface area contributed by atoms with Crippen molar-refractivity contribution in [2.24, 2.45) is 44.6 Å². The van der Waals surface area contributed by atoms with Gasteiger partial charge in [0.05, 0.1) is 19.2 Å². The summed E-state index contributed by atoms with van der Waals surface area (Å²) in [6.07, 6.45) is 3.10. The number of nitrogens with zero attached hydrogens (tertiary/aromatic N) is 5. The number of aliphatic carboxylic acids is 1. The predicted octanol–water partition coefficient (Wildman–Crippen LogP) is -3.99. The van der Waals surface area contributed by atoms with Gasteiger partial charge in [0.2, 0.25) is 47.3 Å². The molecule has 26 heteroatoms. The lowest BCUT2D eigenvalue weighted by molar-refractivity contribution is -0.156. The van der Waals surface area contributed by atoms with Crippen molar-refractivity contribution in [2.75, 3.05) is 45.9 Å². The lowest BCUT2D eigenvalue weighted by atomic mass is 9.72. The molecule has 1 aliphatic carbocycles. The van der Waals surface area contributed by atoms with Crippen molar-refractivity contribution in [3.05, 3.63) is 71.8 Å². The first-order chi connectivity index (χ1) is 36.8. The summed E-state index contributed by atoms with van der Waals surface area (Å²) in [7, 11) is 0. The third-order valence-electron chi connectivity index (χ3n) is 14.4. The maximum Gasteiger partial charge on any atom is 0.326 e. The van der Waals surface area contributed by atoms with E-state index in [1.807, 2.05) is 0 Å². The van der Waals surface area contributed by atoms with Crippen LogP contribution in [0.5, 0.6) is 0 Å². The Bertz CT molecular complexity index is 2500. The molecular formula is C51H73N15O11. The molecule has 0 spiro atoms. The van der Waals surface area contributed by atoms with Gasteiger partial charge in [0, 0.05) is 45.6 Å². The first kappa shape index (κ1) is 58.4. The average molecular weight is 1070 g/mol. The summed E-state index contributed by atoms with van der Waals surface area (Å²) in [4.78, 5) is 135. The van der Waals surface area contributed by atoms with Gasteiger partial charge in [-0.05, 0) is 81.3 Å². The number of likely N-dealkylation sites (tertiary alicyclic amines) is 2. The number of amides is 8. The first-order valence-corrected chi connectivity index (χ1v) is 26.0. The molecule has 1 saturated carbocycles. The summed E-state index contributed by atoms with van der Waals surface area (Å²) >= 11 is 0. The predicted molar refractivity (Wildman–Crippen MR) is 280 cm³/mol. The Morgan fingerprint density at radius 1 is 0.649 bits per heavy atom. The number of rotatable bonds is 27. The molecule has 0 aromatic heterocycles. The van der Waals surface area contributed by atoms with Gasteiger partial charge in [-0.2, -0.15) is 0 Å². The number of guanidine groups is 2.